The first-order valence-corrected chi connectivity index (χ1v) is 30.8. The fourth-order valence-corrected chi connectivity index (χ4v) is 19.4. The smallest absolute Gasteiger partial charge is 0.308 e. The molecule has 0 aromatic carbocycles. The molecule has 79 heavy (non-hydrogen) atoms. The van der Waals surface area contributed by atoms with E-state index in [4.69, 9.17) is 77.6 Å². The van der Waals surface area contributed by atoms with Gasteiger partial charge in [-0.2, -0.15) is 0 Å². The predicted molar refractivity (Wildman–Crippen MR) is 272 cm³/mol. The first kappa shape index (κ1) is 52.8. The molecule has 0 aromatic rings. The zero-order valence-electron chi connectivity index (χ0n) is 46.3. The lowest BCUT2D eigenvalue weighted by Gasteiger charge is -2.55. The zero-order valence-corrected chi connectivity index (χ0v) is 46.3. The number of rotatable bonds is 4. The third-order valence-electron chi connectivity index (χ3n) is 22.7. The molecule has 17 heterocycles. The first-order chi connectivity index (χ1) is 37.9. The maximum absolute atomic E-state index is 14.7. The summed E-state index contributed by atoms with van der Waals surface area (Å²) in [6.07, 6.45) is 0.941. The van der Waals surface area contributed by atoms with Crippen LogP contribution in [0.1, 0.15) is 137 Å². The van der Waals surface area contributed by atoms with Gasteiger partial charge in [-0.15, -0.1) is 0 Å². The van der Waals surface area contributed by atoms with Crippen molar-refractivity contribution < 1.29 is 91.2 Å². The number of hydrogen-bond acceptors (Lipinski definition) is 19. The van der Waals surface area contributed by atoms with Crippen molar-refractivity contribution >= 4 is 5.97 Å². The number of aliphatic hydroxyl groups excluding tert-OH is 3. The summed E-state index contributed by atoms with van der Waals surface area (Å²) in [7, 11) is 0. The lowest BCUT2D eigenvalue weighted by molar-refractivity contribution is -0.347. The van der Waals surface area contributed by atoms with Gasteiger partial charge in [-0.05, 0) is 80.8 Å². The highest BCUT2D eigenvalue weighted by molar-refractivity contribution is 5.70. The van der Waals surface area contributed by atoms with Crippen LogP contribution in [0.3, 0.4) is 0 Å². The van der Waals surface area contributed by atoms with Gasteiger partial charge in [-0.3, -0.25) is 4.79 Å². The minimum absolute atomic E-state index is 0.0312. The van der Waals surface area contributed by atoms with Crippen molar-refractivity contribution in [2.45, 2.75) is 306 Å². The molecular weight excluding hydrogens is 1020 g/mol. The van der Waals surface area contributed by atoms with Crippen molar-refractivity contribution in [1.82, 2.24) is 0 Å². The van der Waals surface area contributed by atoms with Crippen LogP contribution < -0.4 is 0 Å². The van der Waals surface area contributed by atoms with Gasteiger partial charge < -0.3 is 86.4 Å². The van der Waals surface area contributed by atoms with E-state index in [2.05, 4.69) is 34.3 Å². The van der Waals surface area contributed by atoms with E-state index in [1.54, 1.807) is 0 Å². The molecular formula is C60H84O19. The molecule has 17 saturated heterocycles. The zero-order chi connectivity index (χ0) is 53.8. The minimum Gasteiger partial charge on any atom is -0.459 e. The van der Waals surface area contributed by atoms with Crippen LogP contribution in [-0.4, -0.2) is 197 Å². The van der Waals surface area contributed by atoms with Crippen molar-refractivity contribution in [3.8, 4) is 0 Å². The quantitative estimate of drug-likeness (QED) is 0.260. The molecule has 3 spiro atoms. The van der Waals surface area contributed by atoms with Gasteiger partial charge in [0.15, 0.2) is 17.4 Å². The second kappa shape index (κ2) is 18.9. The monoisotopic (exact) mass is 1110 g/mol. The lowest BCUT2D eigenvalue weighted by atomic mass is 9.68. The normalized spacial score (nSPS) is 59.3. The molecule has 0 radical (unpaired) electrons. The van der Waals surface area contributed by atoms with Gasteiger partial charge in [0, 0.05) is 69.6 Å². The third-order valence-corrected chi connectivity index (χ3v) is 22.7. The Morgan fingerprint density at radius 3 is 2.11 bits per heavy atom. The standard InChI is InChI=1S/C60H84O19/c1-25-11-33-14-35-34-13-31(7-9-37(25)66-33)65-43(28(34)4)20-57(6)56(72-47(64)15-32-8-10-38-51(67-32)55-54-53(68-38)52-45(71-54)23-60(35,78-52)79-55)29(5)50-42(73-57)17-40-44(70-50)21-59(74-40)22-46-49(77-59)27(3)19-58(76-46)18-26(2)48-41(75-58)16-39(69-48)36(63)12-30(62)24-61/h26-27,29-46,48-56,61-63H,1,4,7-24H2,2-3,5-6H3. The summed E-state index contributed by atoms with van der Waals surface area (Å²) >= 11 is 0. The topological polar surface area (TPSA) is 216 Å². The molecule has 33 atom stereocenters. The highest BCUT2D eigenvalue weighted by Gasteiger charge is 2.72. The molecule has 0 aliphatic carbocycles. The molecule has 17 aliphatic rings. The molecule has 17 fully saturated rings. The number of carbonyl (C=O) groups is 1. The van der Waals surface area contributed by atoms with Crippen LogP contribution in [-0.2, 0) is 75.8 Å². The molecule has 0 saturated carbocycles. The van der Waals surface area contributed by atoms with E-state index in [1.165, 1.54) is 0 Å². The molecule has 19 heteroatoms. The summed E-state index contributed by atoms with van der Waals surface area (Å²) in [5.41, 5.74) is 1.09. The molecule has 17 aliphatic heterocycles. The summed E-state index contributed by atoms with van der Waals surface area (Å²) in [4.78, 5) is 14.7. The Labute approximate surface area is 462 Å². The van der Waals surface area contributed by atoms with E-state index in [-0.39, 0.29) is 140 Å². The van der Waals surface area contributed by atoms with Crippen LogP contribution in [0.15, 0.2) is 24.3 Å². The van der Waals surface area contributed by atoms with Crippen LogP contribution in [0.2, 0.25) is 0 Å². The number of ether oxygens (including phenoxy) is 15. The molecule has 438 valence electrons. The summed E-state index contributed by atoms with van der Waals surface area (Å²) < 4.78 is 106. The molecule has 33 unspecified atom stereocenters. The minimum atomic E-state index is -1.02. The predicted octanol–water partition coefficient (Wildman–Crippen LogP) is 4.54. The van der Waals surface area contributed by atoms with Gasteiger partial charge in [0.25, 0.3) is 0 Å². The molecule has 13 bridgehead atoms. The lowest BCUT2D eigenvalue weighted by Crippen LogP contribution is -2.66. The second-order valence-corrected chi connectivity index (χ2v) is 28.1. The van der Waals surface area contributed by atoms with Crippen molar-refractivity contribution in [2.24, 2.45) is 29.6 Å². The van der Waals surface area contributed by atoms with Crippen molar-refractivity contribution in [3.05, 3.63) is 24.3 Å². The molecule has 17 rings (SSSR count). The van der Waals surface area contributed by atoms with Gasteiger partial charge in [0.1, 0.15) is 42.2 Å². The summed E-state index contributed by atoms with van der Waals surface area (Å²) in [5.74, 6) is -3.41. The van der Waals surface area contributed by atoms with E-state index < -0.39 is 84.5 Å². The van der Waals surface area contributed by atoms with Crippen LogP contribution >= 0.6 is 0 Å². The van der Waals surface area contributed by atoms with Crippen molar-refractivity contribution in [2.75, 3.05) is 6.61 Å². The summed E-state index contributed by atoms with van der Waals surface area (Å²) in [6, 6.07) is 0. The summed E-state index contributed by atoms with van der Waals surface area (Å²) in [5, 5.41) is 30.4. The molecule has 19 nitrogen and oxygen atoms in total. The highest BCUT2D eigenvalue weighted by atomic mass is 16.8. The Hall–Kier alpha value is -1.73. The maximum Gasteiger partial charge on any atom is 0.308 e. The van der Waals surface area contributed by atoms with Crippen LogP contribution in [0.25, 0.3) is 0 Å². The largest absolute Gasteiger partial charge is 0.459 e. The Balaban J connectivity index is 0.672. The van der Waals surface area contributed by atoms with Crippen LogP contribution in [0.5, 0.6) is 0 Å². The SMILES string of the molecule is C=C1CC2CC3C4CC(CCC1O2)OC(CC1(C)OC2CC5OC6(CC5OC2C(C)C1OC(=O)CC1CCC2OC5C7OC38CC7OC5C(O8)C2O1)CC1OC2(CC(C)C3OC(C(O)CC(O)CO)CC3O2)CC(C)C1O6)C4=C. The van der Waals surface area contributed by atoms with E-state index in [0.29, 0.717) is 64.2 Å². The Morgan fingerprint density at radius 2 is 1.27 bits per heavy atom. The average molecular weight is 1110 g/mol. The molecule has 0 amide bonds. The molecule has 3 N–H and O–H groups in total. The number of fused-ring (bicyclic) bond motifs is 10. The van der Waals surface area contributed by atoms with Crippen LogP contribution in [0, 0.1) is 29.6 Å². The van der Waals surface area contributed by atoms with Gasteiger partial charge in [-0.1, -0.05) is 33.9 Å². The Morgan fingerprint density at radius 1 is 0.557 bits per heavy atom. The Kier molecular flexibility index (Phi) is 12.6. The number of carbonyl (C=O) groups excluding carboxylic acids is 1. The fourth-order valence-electron chi connectivity index (χ4n) is 19.4. The van der Waals surface area contributed by atoms with Gasteiger partial charge >= 0.3 is 5.97 Å². The van der Waals surface area contributed by atoms with E-state index in [1.807, 2.05) is 0 Å². The van der Waals surface area contributed by atoms with E-state index >= 15 is 0 Å². The van der Waals surface area contributed by atoms with Gasteiger partial charge in [0.2, 0.25) is 0 Å². The average Bonchev–Trinajstić information content (AvgIpc) is 4.42. The van der Waals surface area contributed by atoms with E-state index in [0.717, 1.165) is 43.3 Å². The third kappa shape index (κ3) is 8.44. The van der Waals surface area contributed by atoms with Gasteiger partial charge in [0.05, 0.1) is 123 Å². The molecule has 0 aromatic heterocycles. The number of hydrogen-bond donors (Lipinski definition) is 3. The summed E-state index contributed by atoms with van der Waals surface area (Å²) in [6.45, 7) is 17.7. The van der Waals surface area contributed by atoms with Crippen molar-refractivity contribution in [3.63, 3.8) is 0 Å². The fraction of sp³-hybridized carbons (Fsp3) is 0.917. The van der Waals surface area contributed by atoms with Crippen molar-refractivity contribution in [1.29, 1.82) is 0 Å². The number of aliphatic hydroxyl groups is 3. The Bertz CT molecular complexity index is 2430. The van der Waals surface area contributed by atoms with Crippen LogP contribution in [0.4, 0.5) is 0 Å². The first-order valence-electron chi connectivity index (χ1n) is 30.8. The van der Waals surface area contributed by atoms with E-state index in [9.17, 15) is 20.1 Å². The maximum atomic E-state index is 14.7. The van der Waals surface area contributed by atoms with Gasteiger partial charge in [-0.25, -0.2) is 0 Å². The number of esters is 1. The second-order valence-electron chi connectivity index (χ2n) is 28.1. The highest BCUT2D eigenvalue weighted by Crippen LogP contribution is 2.61.